The quantitative estimate of drug-likeness (QED) is 0.501. The van der Waals surface area contributed by atoms with E-state index in [9.17, 15) is 4.79 Å². The summed E-state index contributed by atoms with van der Waals surface area (Å²) in [5.74, 6) is 0.336. The summed E-state index contributed by atoms with van der Waals surface area (Å²) in [5.41, 5.74) is 6.12. The molecule has 30 heavy (non-hydrogen) atoms. The molecule has 0 saturated heterocycles. The van der Waals surface area contributed by atoms with Gasteiger partial charge in [0.2, 0.25) is 0 Å². The highest BCUT2D eigenvalue weighted by atomic mass is 16.5. The highest BCUT2D eigenvalue weighted by Gasteiger charge is 2.21. The van der Waals surface area contributed by atoms with Crippen molar-refractivity contribution in [3.63, 3.8) is 0 Å². The Morgan fingerprint density at radius 2 is 1.90 bits per heavy atom. The minimum Gasteiger partial charge on any atom is -0.361 e. The Hall–Kier alpha value is -3.35. The van der Waals surface area contributed by atoms with Crippen LogP contribution in [0.2, 0.25) is 0 Å². The fraction of sp³-hybridized carbons (Fsp3) is 0.348. The van der Waals surface area contributed by atoms with E-state index in [-0.39, 0.29) is 5.91 Å². The number of rotatable bonds is 6. The lowest BCUT2D eigenvalue weighted by Gasteiger charge is -2.08. The largest absolute Gasteiger partial charge is 0.361 e. The van der Waals surface area contributed by atoms with Crippen molar-refractivity contribution in [2.24, 2.45) is 0 Å². The molecule has 156 valence electrons. The van der Waals surface area contributed by atoms with Gasteiger partial charge in [-0.3, -0.25) is 9.48 Å². The number of hydrogen-bond donors (Lipinski definition) is 1. The molecule has 0 radical (unpaired) electrons. The van der Waals surface area contributed by atoms with Gasteiger partial charge in [-0.15, -0.1) is 0 Å². The number of nitrogens with one attached hydrogen (secondary N) is 1. The van der Waals surface area contributed by atoms with Crippen molar-refractivity contribution in [2.75, 3.05) is 5.32 Å². The lowest BCUT2D eigenvalue weighted by molar-refractivity contribution is 0.101. The van der Waals surface area contributed by atoms with Gasteiger partial charge in [0.15, 0.2) is 5.69 Å². The predicted octanol–water partition coefficient (Wildman–Crippen LogP) is 4.77. The van der Waals surface area contributed by atoms with Gasteiger partial charge >= 0.3 is 0 Å². The molecule has 0 fully saturated rings. The van der Waals surface area contributed by atoms with E-state index < -0.39 is 0 Å². The van der Waals surface area contributed by atoms with Gasteiger partial charge in [-0.05, 0) is 64.4 Å². The van der Waals surface area contributed by atoms with Gasteiger partial charge < -0.3 is 14.4 Å². The second-order valence-corrected chi connectivity index (χ2v) is 7.82. The number of carbonyl (C=O) groups excluding carboxylic acids is 1. The molecule has 3 aromatic heterocycles. The van der Waals surface area contributed by atoms with Crippen LogP contribution in [0, 0.1) is 27.7 Å². The number of benzene rings is 1. The van der Waals surface area contributed by atoms with Crippen LogP contribution in [0.15, 0.2) is 34.9 Å². The maximum absolute atomic E-state index is 13.0. The van der Waals surface area contributed by atoms with E-state index >= 15 is 0 Å². The zero-order chi connectivity index (χ0) is 21.4. The molecule has 0 saturated carbocycles. The van der Waals surface area contributed by atoms with Gasteiger partial charge in [0.25, 0.3) is 5.91 Å². The molecular weight excluding hydrogens is 378 g/mol. The predicted molar refractivity (Wildman–Crippen MR) is 117 cm³/mol. The third kappa shape index (κ3) is 3.63. The van der Waals surface area contributed by atoms with Gasteiger partial charge in [-0.2, -0.15) is 5.10 Å². The molecule has 7 nitrogen and oxygen atoms in total. The average molecular weight is 406 g/mol. The molecule has 1 N–H and O–H groups in total. The van der Waals surface area contributed by atoms with Crippen LogP contribution in [0.5, 0.6) is 0 Å². The van der Waals surface area contributed by atoms with E-state index in [1.165, 1.54) is 11.2 Å². The molecule has 1 aromatic carbocycles. The van der Waals surface area contributed by atoms with Crippen LogP contribution >= 0.6 is 0 Å². The van der Waals surface area contributed by atoms with E-state index in [0.717, 1.165) is 41.0 Å². The highest BCUT2D eigenvalue weighted by molar-refractivity contribution is 6.04. The number of fused-ring (bicyclic) bond motifs is 1. The van der Waals surface area contributed by atoms with Crippen LogP contribution in [0.3, 0.4) is 0 Å². The maximum Gasteiger partial charge on any atom is 0.278 e. The van der Waals surface area contributed by atoms with Crippen molar-refractivity contribution >= 4 is 22.5 Å². The molecule has 0 unspecified atom stereocenters. The second kappa shape index (κ2) is 7.82. The molecule has 0 spiro atoms. The van der Waals surface area contributed by atoms with Gasteiger partial charge in [0, 0.05) is 40.1 Å². The monoisotopic (exact) mass is 405 g/mol. The number of anilines is 1. The standard InChI is InChI=1S/C23H27N5O2/c1-6-9-27-15(3)11-18-12-19(7-8-21(18)27)24-23(29)22-20(17(5)30-26-22)13-28-16(4)10-14(2)25-28/h7-8,10-12H,6,9,13H2,1-5H3,(H,24,29). The lowest BCUT2D eigenvalue weighted by atomic mass is 10.1. The molecule has 0 aliphatic rings. The van der Waals surface area contributed by atoms with Crippen LogP contribution in [0.1, 0.15) is 52.2 Å². The molecule has 1 amide bonds. The van der Waals surface area contributed by atoms with Gasteiger partial charge in [-0.25, -0.2) is 0 Å². The molecule has 0 bridgehead atoms. The Kier molecular flexibility index (Phi) is 5.20. The van der Waals surface area contributed by atoms with Crippen LogP contribution in [0.4, 0.5) is 5.69 Å². The zero-order valence-electron chi connectivity index (χ0n) is 18.1. The lowest BCUT2D eigenvalue weighted by Crippen LogP contribution is -2.16. The van der Waals surface area contributed by atoms with Crippen LogP contribution in [0.25, 0.3) is 10.9 Å². The molecule has 0 aliphatic heterocycles. The summed E-state index contributed by atoms with van der Waals surface area (Å²) in [6.07, 6.45) is 1.08. The number of aryl methyl sites for hydroxylation is 5. The zero-order valence-corrected chi connectivity index (χ0v) is 18.1. The SMILES string of the molecule is CCCn1c(C)cc2cc(NC(=O)c3noc(C)c3Cn3nc(C)cc3C)ccc21. The molecule has 4 aromatic rings. The van der Waals surface area contributed by atoms with Gasteiger partial charge in [0.1, 0.15) is 5.76 Å². The summed E-state index contributed by atoms with van der Waals surface area (Å²) in [6, 6.07) is 10.1. The average Bonchev–Trinajstić information content (AvgIpc) is 3.32. The Morgan fingerprint density at radius 1 is 1.10 bits per heavy atom. The van der Waals surface area contributed by atoms with Gasteiger partial charge in [0.05, 0.1) is 12.2 Å². The molecule has 0 aliphatic carbocycles. The summed E-state index contributed by atoms with van der Waals surface area (Å²) in [4.78, 5) is 13.0. The summed E-state index contributed by atoms with van der Waals surface area (Å²) < 4.78 is 9.49. The first-order valence-electron chi connectivity index (χ1n) is 10.2. The number of hydrogen-bond acceptors (Lipinski definition) is 4. The van der Waals surface area contributed by atoms with E-state index in [4.69, 9.17) is 4.52 Å². The smallest absolute Gasteiger partial charge is 0.278 e. The van der Waals surface area contributed by atoms with E-state index in [2.05, 4.69) is 46.1 Å². The molecule has 7 heteroatoms. The Bertz CT molecular complexity index is 1230. The van der Waals surface area contributed by atoms with Crippen molar-refractivity contribution in [3.05, 3.63) is 64.4 Å². The van der Waals surface area contributed by atoms with Gasteiger partial charge in [-0.1, -0.05) is 12.1 Å². The van der Waals surface area contributed by atoms with Crippen molar-refractivity contribution in [3.8, 4) is 0 Å². The topological polar surface area (TPSA) is 77.9 Å². The third-order valence-corrected chi connectivity index (χ3v) is 5.42. The Morgan fingerprint density at radius 3 is 2.60 bits per heavy atom. The first kappa shape index (κ1) is 19.9. The molecular formula is C23H27N5O2. The first-order chi connectivity index (χ1) is 14.4. The van der Waals surface area contributed by atoms with Crippen molar-refractivity contribution in [1.29, 1.82) is 0 Å². The van der Waals surface area contributed by atoms with Crippen LogP contribution in [-0.2, 0) is 13.1 Å². The highest BCUT2D eigenvalue weighted by Crippen LogP contribution is 2.25. The summed E-state index contributed by atoms with van der Waals surface area (Å²) in [7, 11) is 0. The fourth-order valence-electron chi connectivity index (χ4n) is 3.94. The van der Waals surface area contributed by atoms with Crippen molar-refractivity contribution in [1.82, 2.24) is 19.5 Å². The fourth-order valence-corrected chi connectivity index (χ4v) is 3.94. The first-order valence-corrected chi connectivity index (χ1v) is 10.2. The Balaban J connectivity index is 1.59. The second-order valence-electron chi connectivity index (χ2n) is 7.82. The minimum absolute atomic E-state index is 0.285. The number of carbonyl (C=O) groups is 1. The Labute approximate surface area is 175 Å². The molecule has 4 rings (SSSR count). The minimum atomic E-state index is -0.285. The number of aromatic nitrogens is 4. The van der Waals surface area contributed by atoms with E-state index in [1.54, 1.807) is 0 Å². The molecule has 3 heterocycles. The van der Waals surface area contributed by atoms with E-state index in [1.807, 2.05) is 43.7 Å². The van der Waals surface area contributed by atoms with Crippen molar-refractivity contribution < 1.29 is 9.32 Å². The van der Waals surface area contributed by atoms with E-state index in [0.29, 0.717) is 18.0 Å². The summed E-state index contributed by atoms with van der Waals surface area (Å²) in [6.45, 7) is 11.5. The number of nitrogens with zero attached hydrogens (tertiary/aromatic N) is 4. The maximum atomic E-state index is 13.0. The summed E-state index contributed by atoms with van der Waals surface area (Å²) >= 11 is 0. The third-order valence-electron chi connectivity index (χ3n) is 5.42. The van der Waals surface area contributed by atoms with Crippen LogP contribution < -0.4 is 5.32 Å². The number of amides is 1. The summed E-state index contributed by atoms with van der Waals surface area (Å²) in [5, 5.41) is 12.6. The van der Waals surface area contributed by atoms with Crippen molar-refractivity contribution in [2.45, 2.75) is 54.1 Å². The van der Waals surface area contributed by atoms with Crippen LogP contribution in [-0.4, -0.2) is 25.4 Å². The normalized spacial score (nSPS) is 11.4. The molecule has 0 atom stereocenters.